The van der Waals surface area contributed by atoms with Gasteiger partial charge in [-0.05, 0) is 69.3 Å². The molecule has 0 amide bonds. The minimum absolute atomic E-state index is 0.0885. The number of H-pyrrole nitrogens is 1. The number of aromatic amines is 1. The molecule has 2 fully saturated rings. The molecule has 4 heteroatoms. The Labute approximate surface area is 162 Å². The molecule has 1 aliphatic heterocycles. The van der Waals surface area contributed by atoms with Crippen molar-refractivity contribution in [2.45, 2.75) is 76.5 Å². The summed E-state index contributed by atoms with van der Waals surface area (Å²) in [6.07, 6.45) is 11.4. The molecule has 1 aliphatic carbocycles. The van der Waals surface area contributed by atoms with Crippen molar-refractivity contribution in [3.05, 3.63) is 29.3 Å². The highest BCUT2D eigenvalue weighted by molar-refractivity contribution is 5.77. The number of halogens is 1. The summed E-state index contributed by atoms with van der Waals surface area (Å²) < 4.78 is 15.3. The van der Waals surface area contributed by atoms with Crippen LogP contribution < -0.4 is 0 Å². The number of hydrogen-bond donors (Lipinski definition) is 1. The molecular formula is C23H34FN3. The number of benzene rings is 1. The Hall–Kier alpha value is -1.42. The van der Waals surface area contributed by atoms with Gasteiger partial charge in [-0.2, -0.15) is 0 Å². The Morgan fingerprint density at radius 2 is 1.70 bits per heavy atom. The van der Waals surface area contributed by atoms with Crippen LogP contribution in [0.4, 0.5) is 4.39 Å². The second-order valence-electron chi connectivity index (χ2n) is 8.96. The third-order valence-corrected chi connectivity index (χ3v) is 7.09. The fraction of sp³-hybridized carbons (Fsp3) is 0.696. The third-order valence-electron chi connectivity index (χ3n) is 7.09. The van der Waals surface area contributed by atoms with Crippen LogP contribution in [0.1, 0.15) is 87.9 Å². The Morgan fingerprint density at radius 1 is 1.04 bits per heavy atom. The number of aromatic nitrogens is 2. The normalized spacial score (nSPS) is 22.6. The van der Waals surface area contributed by atoms with Gasteiger partial charge in [-0.15, -0.1) is 0 Å². The third kappa shape index (κ3) is 4.06. The Bertz CT molecular complexity index is 752. The summed E-state index contributed by atoms with van der Waals surface area (Å²) in [5.74, 6) is 2.27. The van der Waals surface area contributed by atoms with E-state index in [1.54, 1.807) is 0 Å². The molecule has 1 N–H and O–H groups in total. The molecule has 1 saturated heterocycles. The molecule has 0 spiro atoms. The number of piperidine rings is 1. The van der Waals surface area contributed by atoms with Crippen molar-refractivity contribution in [2.24, 2.45) is 5.92 Å². The fourth-order valence-electron chi connectivity index (χ4n) is 5.14. The summed E-state index contributed by atoms with van der Waals surface area (Å²) in [6, 6.07) is 4.05. The van der Waals surface area contributed by atoms with Crippen molar-refractivity contribution in [3.8, 4) is 0 Å². The standard InChI is InChI=1S/C23H34FN3/c1-16(17-8-6-4-3-5-7-9-17)23-25-20-11-10-19(21(24)22(20)26-23)18-12-14-27(2)15-13-18/h10-11,16-18H,3-9,12-15H2,1-2H3,(H,25,26). The first-order valence-corrected chi connectivity index (χ1v) is 11.0. The predicted molar refractivity (Wildman–Crippen MR) is 110 cm³/mol. The molecule has 148 valence electrons. The zero-order chi connectivity index (χ0) is 18.8. The first kappa shape index (κ1) is 18.9. The molecule has 3 nitrogen and oxygen atoms in total. The topological polar surface area (TPSA) is 31.9 Å². The van der Waals surface area contributed by atoms with E-state index >= 15 is 4.39 Å². The lowest BCUT2D eigenvalue weighted by molar-refractivity contribution is 0.253. The predicted octanol–water partition coefficient (Wildman–Crippen LogP) is 5.98. The highest BCUT2D eigenvalue weighted by Crippen LogP contribution is 2.36. The van der Waals surface area contributed by atoms with Crippen LogP contribution in [0, 0.1) is 11.7 Å². The molecule has 1 saturated carbocycles. The summed E-state index contributed by atoms with van der Waals surface area (Å²) in [5.41, 5.74) is 2.28. The van der Waals surface area contributed by atoms with Gasteiger partial charge in [-0.1, -0.05) is 45.1 Å². The van der Waals surface area contributed by atoms with Crippen LogP contribution in [0.15, 0.2) is 12.1 Å². The van der Waals surface area contributed by atoms with Gasteiger partial charge in [0, 0.05) is 5.92 Å². The van der Waals surface area contributed by atoms with Crippen molar-refractivity contribution in [1.82, 2.24) is 14.9 Å². The summed E-state index contributed by atoms with van der Waals surface area (Å²) in [4.78, 5) is 10.5. The van der Waals surface area contributed by atoms with E-state index in [4.69, 9.17) is 4.98 Å². The number of hydrogen-bond acceptors (Lipinski definition) is 2. The minimum atomic E-state index is -0.0885. The summed E-state index contributed by atoms with van der Waals surface area (Å²) in [6.45, 7) is 4.37. The van der Waals surface area contributed by atoms with E-state index in [1.807, 2.05) is 12.1 Å². The van der Waals surface area contributed by atoms with Crippen molar-refractivity contribution >= 4 is 11.0 Å². The second-order valence-corrected chi connectivity index (χ2v) is 8.96. The molecular weight excluding hydrogens is 337 g/mol. The first-order chi connectivity index (χ1) is 13.1. The maximum atomic E-state index is 15.3. The van der Waals surface area contributed by atoms with Crippen LogP contribution in [0.3, 0.4) is 0 Å². The molecule has 4 rings (SSSR count). The molecule has 1 aromatic heterocycles. The van der Waals surface area contributed by atoms with Gasteiger partial charge in [0.25, 0.3) is 0 Å². The second kappa shape index (κ2) is 8.30. The molecule has 1 atom stereocenters. The summed E-state index contributed by atoms with van der Waals surface area (Å²) in [7, 11) is 2.15. The average molecular weight is 372 g/mol. The SMILES string of the molecule is CC(c1nc2c(F)c(C3CCN(C)CC3)ccc2[nH]1)C1CCCCCCC1. The van der Waals surface area contributed by atoms with E-state index in [1.165, 1.54) is 44.9 Å². The highest BCUT2D eigenvalue weighted by atomic mass is 19.1. The quantitative estimate of drug-likeness (QED) is 0.720. The number of fused-ring (bicyclic) bond motifs is 1. The highest BCUT2D eigenvalue weighted by Gasteiger charge is 2.26. The molecule has 0 radical (unpaired) electrons. The number of rotatable bonds is 3. The van der Waals surface area contributed by atoms with Crippen LogP contribution in [0.25, 0.3) is 11.0 Å². The monoisotopic (exact) mass is 371 g/mol. The lowest BCUT2D eigenvalue weighted by Gasteiger charge is -2.29. The van der Waals surface area contributed by atoms with Crippen LogP contribution in [-0.4, -0.2) is 35.0 Å². The largest absolute Gasteiger partial charge is 0.342 e. The Balaban J connectivity index is 1.57. The number of likely N-dealkylation sites (tertiary alicyclic amines) is 1. The van der Waals surface area contributed by atoms with Gasteiger partial charge >= 0.3 is 0 Å². The Morgan fingerprint density at radius 3 is 2.41 bits per heavy atom. The van der Waals surface area contributed by atoms with E-state index in [2.05, 4.69) is 23.9 Å². The van der Waals surface area contributed by atoms with Crippen molar-refractivity contribution < 1.29 is 4.39 Å². The first-order valence-electron chi connectivity index (χ1n) is 11.0. The molecule has 2 aromatic rings. The molecule has 2 heterocycles. The maximum Gasteiger partial charge on any atom is 0.154 e. The number of imidazole rings is 1. The van der Waals surface area contributed by atoms with Gasteiger partial charge in [0.2, 0.25) is 0 Å². The van der Waals surface area contributed by atoms with Crippen LogP contribution in [0.2, 0.25) is 0 Å². The van der Waals surface area contributed by atoms with E-state index in [-0.39, 0.29) is 5.82 Å². The van der Waals surface area contributed by atoms with Gasteiger partial charge in [-0.25, -0.2) is 9.37 Å². The van der Waals surface area contributed by atoms with Crippen LogP contribution >= 0.6 is 0 Å². The number of nitrogens with zero attached hydrogens (tertiary/aromatic N) is 2. The molecule has 0 bridgehead atoms. The molecule has 1 unspecified atom stereocenters. The zero-order valence-electron chi connectivity index (χ0n) is 16.9. The van der Waals surface area contributed by atoms with Crippen LogP contribution in [-0.2, 0) is 0 Å². The lowest BCUT2D eigenvalue weighted by Crippen LogP contribution is -2.29. The van der Waals surface area contributed by atoms with E-state index in [9.17, 15) is 0 Å². The molecule has 1 aromatic carbocycles. The summed E-state index contributed by atoms with van der Waals surface area (Å²) >= 11 is 0. The van der Waals surface area contributed by atoms with Gasteiger partial charge < -0.3 is 9.88 Å². The maximum absolute atomic E-state index is 15.3. The van der Waals surface area contributed by atoms with E-state index in [0.717, 1.165) is 42.8 Å². The zero-order valence-corrected chi connectivity index (χ0v) is 16.9. The van der Waals surface area contributed by atoms with E-state index < -0.39 is 0 Å². The smallest absolute Gasteiger partial charge is 0.154 e. The van der Waals surface area contributed by atoms with Gasteiger partial charge in [0.1, 0.15) is 11.3 Å². The average Bonchev–Trinajstić information content (AvgIpc) is 3.08. The number of nitrogens with one attached hydrogen (secondary N) is 1. The van der Waals surface area contributed by atoms with Crippen molar-refractivity contribution in [2.75, 3.05) is 20.1 Å². The van der Waals surface area contributed by atoms with Crippen LogP contribution in [0.5, 0.6) is 0 Å². The Kier molecular flexibility index (Phi) is 5.82. The molecule has 2 aliphatic rings. The summed E-state index contributed by atoms with van der Waals surface area (Å²) in [5, 5.41) is 0. The van der Waals surface area contributed by atoms with Gasteiger partial charge in [-0.3, -0.25) is 0 Å². The van der Waals surface area contributed by atoms with Crippen molar-refractivity contribution in [1.29, 1.82) is 0 Å². The molecule has 27 heavy (non-hydrogen) atoms. The lowest BCUT2D eigenvalue weighted by atomic mass is 9.82. The minimum Gasteiger partial charge on any atom is -0.342 e. The fourth-order valence-corrected chi connectivity index (χ4v) is 5.14. The van der Waals surface area contributed by atoms with Gasteiger partial charge in [0.05, 0.1) is 5.52 Å². The van der Waals surface area contributed by atoms with Crippen molar-refractivity contribution in [3.63, 3.8) is 0 Å². The van der Waals surface area contributed by atoms with E-state index in [0.29, 0.717) is 23.3 Å². The van der Waals surface area contributed by atoms with Gasteiger partial charge in [0.15, 0.2) is 5.82 Å².